The van der Waals surface area contributed by atoms with E-state index in [-0.39, 0.29) is 0 Å². The van der Waals surface area contributed by atoms with E-state index in [1.165, 1.54) is 45.2 Å². The zero-order chi connectivity index (χ0) is 10.9. The molecule has 0 aromatic carbocycles. The molecule has 0 spiro atoms. The summed E-state index contributed by atoms with van der Waals surface area (Å²) in [5, 5.41) is 9.82. The lowest BCUT2D eigenvalue weighted by Gasteiger charge is -2.42. The largest absolute Gasteiger partial charge is 0.389 e. The second-order valence-electron chi connectivity index (χ2n) is 6.14. The van der Waals surface area contributed by atoms with Crippen LogP contribution in [0.3, 0.4) is 0 Å². The summed E-state index contributed by atoms with van der Waals surface area (Å²) in [6, 6.07) is 0. The molecule has 1 aliphatic carbocycles. The quantitative estimate of drug-likeness (QED) is 0.757. The van der Waals surface area contributed by atoms with Crippen molar-refractivity contribution in [3.63, 3.8) is 0 Å². The van der Waals surface area contributed by atoms with Crippen molar-refractivity contribution in [1.29, 1.82) is 0 Å². The number of hydrogen-bond acceptors (Lipinski definition) is 2. The van der Waals surface area contributed by atoms with E-state index in [4.69, 9.17) is 0 Å². The lowest BCUT2D eigenvalue weighted by atomic mass is 9.75. The topological polar surface area (TPSA) is 23.5 Å². The average Bonchev–Trinajstić information content (AvgIpc) is 2.15. The first-order valence-corrected chi connectivity index (χ1v) is 6.49. The van der Waals surface area contributed by atoms with Gasteiger partial charge in [0.05, 0.1) is 5.60 Å². The van der Waals surface area contributed by atoms with Gasteiger partial charge in [-0.2, -0.15) is 0 Å². The summed E-state index contributed by atoms with van der Waals surface area (Å²) in [7, 11) is 0. The number of hydrogen-bond donors (Lipinski definition) is 1. The van der Waals surface area contributed by atoms with Crippen LogP contribution in [0.4, 0.5) is 0 Å². The Labute approximate surface area is 93.7 Å². The maximum Gasteiger partial charge on any atom is 0.0718 e. The number of rotatable bonds is 2. The summed E-state index contributed by atoms with van der Waals surface area (Å²) in [6.07, 6.45) is 7.12. The van der Waals surface area contributed by atoms with Crippen molar-refractivity contribution in [2.24, 2.45) is 11.8 Å². The van der Waals surface area contributed by atoms with Crippen molar-refractivity contribution in [3.05, 3.63) is 0 Å². The van der Waals surface area contributed by atoms with Gasteiger partial charge >= 0.3 is 0 Å². The number of nitrogens with zero attached hydrogens (tertiary/aromatic N) is 1. The van der Waals surface area contributed by atoms with Crippen molar-refractivity contribution in [1.82, 2.24) is 4.90 Å². The van der Waals surface area contributed by atoms with Crippen molar-refractivity contribution in [2.75, 3.05) is 19.6 Å². The fraction of sp³-hybridized carbons (Fsp3) is 1.00. The van der Waals surface area contributed by atoms with Gasteiger partial charge in [-0.25, -0.2) is 0 Å². The Kier molecular flexibility index (Phi) is 3.36. The van der Waals surface area contributed by atoms with Crippen LogP contribution in [0.2, 0.25) is 0 Å². The van der Waals surface area contributed by atoms with Gasteiger partial charge < -0.3 is 10.0 Å². The van der Waals surface area contributed by atoms with E-state index in [1.807, 2.05) is 13.8 Å². The summed E-state index contributed by atoms with van der Waals surface area (Å²) in [4.78, 5) is 2.46. The van der Waals surface area contributed by atoms with Gasteiger partial charge in [0, 0.05) is 13.1 Å². The van der Waals surface area contributed by atoms with E-state index >= 15 is 0 Å². The molecule has 0 amide bonds. The highest BCUT2D eigenvalue weighted by atomic mass is 16.3. The Bertz CT molecular complexity index is 209. The van der Waals surface area contributed by atoms with Crippen LogP contribution in [0.5, 0.6) is 0 Å². The molecule has 2 unspecified atom stereocenters. The predicted octanol–water partition coefficient (Wildman–Crippen LogP) is 2.27. The third kappa shape index (κ3) is 3.18. The third-order valence-electron chi connectivity index (χ3n) is 3.99. The van der Waals surface area contributed by atoms with Gasteiger partial charge in [0.1, 0.15) is 0 Å². The highest BCUT2D eigenvalue weighted by molar-refractivity contribution is 4.85. The van der Waals surface area contributed by atoms with Crippen molar-refractivity contribution in [2.45, 2.75) is 51.6 Å². The summed E-state index contributed by atoms with van der Waals surface area (Å²) < 4.78 is 0. The molecule has 2 heteroatoms. The lowest BCUT2D eigenvalue weighted by Crippen LogP contribution is -2.47. The van der Waals surface area contributed by atoms with E-state index in [0.717, 1.165) is 18.4 Å². The van der Waals surface area contributed by atoms with E-state index in [2.05, 4.69) is 4.90 Å². The lowest BCUT2D eigenvalue weighted by molar-refractivity contribution is 0.00335. The highest BCUT2D eigenvalue weighted by Gasteiger charge is 2.32. The summed E-state index contributed by atoms with van der Waals surface area (Å²) in [5.74, 6) is 1.92. The molecule has 15 heavy (non-hydrogen) atoms. The van der Waals surface area contributed by atoms with Crippen LogP contribution in [0.1, 0.15) is 46.0 Å². The number of piperidine rings is 1. The first-order valence-electron chi connectivity index (χ1n) is 6.49. The molecule has 2 aliphatic rings. The molecule has 0 aromatic heterocycles. The number of β-amino-alcohol motifs (C(OH)–C–C–N with tert-alkyl or cyclic N) is 1. The molecule has 2 nitrogen and oxygen atoms in total. The van der Waals surface area contributed by atoms with Crippen LogP contribution in [0.15, 0.2) is 0 Å². The number of likely N-dealkylation sites (tertiary alicyclic amines) is 1. The normalized spacial score (nSPS) is 33.8. The Hall–Kier alpha value is -0.0800. The van der Waals surface area contributed by atoms with Crippen molar-refractivity contribution >= 4 is 0 Å². The smallest absolute Gasteiger partial charge is 0.0718 e. The van der Waals surface area contributed by atoms with Crippen molar-refractivity contribution in [3.8, 4) is 0 Å². The Balaban J connectivity index is 1.85. The van der Waals surface area contributed by atoms with Gasteiger partial charge in [-0.05, 0) is 45.1 Å². The van der Waals surface area contributed by atoms with Crippen LogP contribution in [0, 0.1) is 11.8 Å². The van der Waals surface area contributed by atoms with Gasteiger partial charge in [-0.3, -0.25) is 0 Å². The van der Waals surface area contributed by atoms with Gasteiger partial charge in [-0.1, -0.05) is 19.3 Å². The van der Waals surface area contributed by atoms with Gasteiger partial charge in [0.25, 0.3) is 0 Å². The molecule has 0 radical (unpaired) electrons. The molecule has 1 aliphatic heterocycles. The maximum absolute atomic E-state index is 9.82. The van der Waals surface area contributed by atoms with Crippen LogP contribution < -0.4 is 0 Å². The minimum Gasteiger partial charge on any atom is -0.389 e. The van der Waals surface area contributed by atoms with Gasteiger partial charge in [0.15, 0.2) is 0 Å². The van der Waals surface area contributed by atoms with E-state index in [9.17, 15) is 5.11 Å². The molecule has 2 rings (SSSR count). The Morgan fingerprint density at radius 2 is 1.80 bits per heavy atom. The van der Waals surface area contributed by atoms with Crippen LogP contribution >= 0.6 is 0 Å². The van der Waals surface area contributed by atoms with Gasteiger partial charge in [-0.15, -0.1) is 0 Å². The first-order chi connectivity index (χ1) is 7.04. The Morgan fingerprint density at radius 1 is 1.13 bits per heavy atom. The predicted molar refractivity (Wildman–Crippen MR) is 62.8 cm³/mol. The molecule has 1 N–H and O–H groups in total. The number of fused-ring (bicyclic) bond motifs is 1. The second-order valence-corrected chi connectivity index (χ2v) is 6.14. The molecule has 1 heterocycles. The van der Waals surface area contributed by atoms with Crippen molar-refractivity contribution < 1.29 is 5.11 Å². The molecule has 1 saturated carbocycles. The summed E-state index contributed by atoms with van der Waals surface area (Å²) in [5.41, 5.74) is -0.526. The van der Waals surface area contributed by atoms with Crippen LogP contribution in [-0.2, 0) is 0 Å². The minimum absolute atomic E-state index is 0.526. The van der Waals surface area contributed by atoms with E-state index in [1.54, 1.807) is 0 Å². The molecule has 0 aromatic rings. The molecule has 2 atom stereocenters. The van der Waals surface area contributed by atoms with Gasteiger partial charge in [0.2, 0.25) is 0 Å². The maximum atomic E-state index is 9.82. The summed E-state index contributed by atoms with van der Waals surface area (Å²) in [6.45, 7) is 7.11. The fourth-order valence-corrected chi connectivity index (χ4v) is 3.37. The third-order valence-corrected chi connectivity index (χ3v) is 3.99. The number of aliphatic hydroxyl groups is 1. The minimum atomic E-state index is -0.526. The second kappa shape index (κ2) is 4.42. The highest BCUT2D eigenvalue weighted by Crippen LogP contribution is 2.36. The monoisotopic (exact) mass is 211 g/mol. The molecule has 1 saturated heterocycles. The van der Waals surface area contributed by atoms with E-state index in [0.29, 0.717) is 0 Å². The molecule has 2 fully saturated rings. The molecular formula is C13H25NO. The average molecular weight is 211 g/mol. The first kappa shape index (κ1) is 11.4. The Morgan fingerprint density at radius 3 is 2.47 bits per heavy atom. The molecule has 88 valence electrons. The van der Waals surface area contributed by atoms with E-state index < -0.39 is 5.60 Å². The summed E-state index contributed by atoms with van der Waals surface area (Å²) >= 11 is 0. The van der Waals surface area contributed by atoms with Crippen LogP contribution in [0.25, 0.3) is 0 Å². The SMILES string of the molecule is CC(C)(O)CN1CCC2CCCCC2C1. The molecular weight excluding hydrogens is 186 g/mol. The zero-order valence-corrected chi connectivity index (χ0v) is 10.2. The molecule has 0 bridgehead atoms. The van der Waals surface area contributed by atoms with Crippen LogP contribution in [-0.4, -0.2) is 35.2 Å². The fourth-order valence-electron chi connectivity index (χ4n) is 3.37. The zero-order valence-electron chi connectivity index (χ0n) is 10.2. The standard InChI is InChI=1S/C13H25NO/c1-13(2,15)10-14-8-7-11-5-3-4-6-12(11)9-14/h11-12,15H,3-10H2,1-2H3.